The van der Waals surface area contributed by atoms with E-state index in [2.05, 4.69) is 6.92 Å². The van der Waals surface area contributed by atoms with Crippen molar-refractivity contribution in [1.29, 1.82) is 0 Å². The van der Waals surface area contributed by atoms with Gasteiger partial charge in [0.1, 0.15) is 0 Å². The molecule has 1 unspecified atom stereocenters. The summed E-state index contributed by atoms with van der Waals surface area (Å²) in [5, 5.41) is 0. The molecule has 1 aliphatic heterocycles. The summed E-state index contributed by atoms with van der Waals surface area (Å²) in [5.41, 5.74) is 9.81. The standard InChI is InChI=1S/C3H6O.C2H8N2/c1-3-2-4-3;3-1-2-4/h3H,2H2,1H3;1-4H2. The molecular weight excluding hydrogens is 104 g/mol. The van der Waals surface area contributed by atoms with Crippen molar-refractivity contribution in [2.24, 2.45) is 11.5 Å². The van der Waals surface area contributed by atoms with Gasteiger partial charge in [-0.2, -0.15) is 0 Å². The van der Waals surface area contributed by atoms with Crippen LogP contribution in [-0.2, 0) is 4.74 Å². The zero-order valence-electron chi connectivity index (χ0n) is 5.26. The van der Waals surface area contributed by atoms with Crippen LogP contribution in [0.3, 0.4) is 0 Å². The summed E-state index contributed by atoms with van der Waals surface area (Å²) in [6, 6.07) is 0. The average Bonchev–Trinajstić information content (AvgIpc) is 2.52. The van der Waals surface area contributed by atoms with Gasteiger partial charge in [-0.25, -0.2) is 0 Å². The monoisotopic (exact) mass is 118 g/mol. The normalized spacial score (nSPS) is 23.6. The van der Waals surface area contributed by atoms with Gasteiger partial charge in [0.25, 0.3) is 0 Å². The van der Waals surface area contributed by atoms with E-state index < -0.39 is 0 Å². The highest BCUT2D eigenvalue weighted by Gasteiger charge is 2.13. The van der Waals surface area contributed by atoms with Gasteiger partial charge in [-0.1, -0.05) is 0 Å². The lowest BCUT2D eigenvalue weighted by atomic mass is 10.6. The number of hydrogen-bond donors (Lipinski definition) is 2. The lowest BCUT2D eigenvalue weighted by molar-refractivity contribution is 0.423. The van der Waals surface area contributed by atoms with Crippen LogP contribution in [0.25, 0.3) is 0 Å². The second kappa shape index (κ2) is 5.03. The summed E-state index contributed by atoms with van der Waals surface area (Å²) in [6.07, 6.45) is 0.583. The van der Waals surface area contributed by atoms with E-state index in [1.54, 1.807) is 0 Å². The first-order valence-corrected chi connectivity index (χ1v) is 2.83. The van der Waals surface area contributed by atoms with Gasteiger partial charge in [0.05, 0.1) is 12.7 Å². The van der Waals surface area contributed by atoms with Gasteiger partial charge in [-0.15, -0.1) is 0 Å². The fraction of sp³-hybridized carbons (Fsp3) is 1.00. The van der Waals surface area contributed by atoms with Crippen molar-refractivity contribution in [3.8, 4) is 0 Å². The molecule has 1 fully saturated rings. The predicted octanol–water partition coefficient (Wildman–Crippen LogP) is -0.691. The number of nitrogens with two attached hydrogens (primary N) is 2. The second-order valence-corrected chi connectivity index (χ2v) is 1.72. The SMILES string of the molecule is CC1CO1.NCCN. The Balaban J connectivity index is 0.000000122. The largest absolute Gasteiger partial charge is 0.373 e. The minimum atomic E-state index is 0.583. The van der Waals surface area contributed by atoms with Gasteiger partial charge in [0, 0.05) is 13.1 Å². The molecule has 0 amide bonds. The number of hydrogen-bond acceptors (Lipinski definition) is 3. The van der Waals surface area contributed by atoms with Gasteiger partial charge in [-0.3, -0.25) is 0 Å². The third kappa shape index (κ3) is 9.30. The maximum absolute atomic E-state index is 4.90. The molecular formula is C5H14N2O. The summed E-state index contributed by atoms with van der Waals surface area (Å²) < 4.78 is 4.71. The highest BCUT2D eigenvalue weighted by Crippen LogP contribution is 2.04. The molecule has 0 aromatic carbocycles. The Kier molecular flexibility index (Phi) is 4.95. The third-order valence-electron chi connectivity index (χ3n) is 0.667. The summed E-state index contributed by atoms with van der Waals surface area (Å²) in [5.74, 6) is 0. The maximum Gasteiger partial charge on any atom is 0.0781 e. The van der Waals surface area contributed by atoms with Crippen LogP contribution < -0.4 is 11.5 Å². The average molecular weight is 118 g/mol. The summed E-state index contributed by atoms with van der Waals surface area (Å²) in [7, 11) is 0. The molecule has 0 radical (unpaired) electrons. The minimum Gasteiger partial charge on any atom is -0.373 e. The fourth-order valence-corrected chi connectivity index (χ4v) is 0.0962. The molecule has 1 atom stereocenters. The lowest BCUT2D eigenvalue weighted by Crippen LogP contribution is -2.11. The van der Waals surface area contributed by atoms with Crippen LogP contribution in [0.4, 0.5) is 0 Å². The van der Waals surface area contributed by atoms with Crippen molar-refractivity contribution in [3.05, 3.63) is 0 Å². The second-order valence-electron chi connectivity index (χ2n) is 1.72. The minimum absolute atomic E-state index is 0.583. The Morgan fingerprint density at radius 3 is 1.75 bits per heavy atom. The molecule has 0 spiro atoms. The molecule has 0 aromatic rings. The first-order valence-electron chi connectivity index (χ1n) is 2.83. The van der Waals surface area contributed by atoms with E-state index >= 15 is 0 Å². The van der Waals surface area contributed by atoms with Crippen LogP contribution >= 0.6 is 0 Å². The summed E-state index contributed by atoms with van der Waals surface area (Å²) in [4.78, 5) is 0. The molecule has 0 aliphatic carbocycles. The van der Waals surface area contributed by atoms with Crippen molar-refractivity contribution in [2.45, 2.75) is 13.0 Å². The highest BCUT2D eigenvalue weighted by molar-refractivity contribution is 4.58. The molecule has 50 valence electrons. The molecule has 8 heavy (non-hydrogen) atoms. The number of epoxide rings is 1. The Bertz CT molecular complexity index is 43.7. The quantitative estimate of drug-likeness (QED) is 0.448. The molecule has 1 aliphatic rings. The Labute approximate surface area is 50.0 Å². The van der Waals surface area contributed by atoms with Crippen molar-refractivity contribution >= 4 is 0 Å². The Morgan fingerprint density at radius 1 is 1.50 bits per heavy atom. The first-order chi connectivity index (χ1) is 3.81. The topological polar surface area (TPSA) is 64.6 Å². The molecule has 4 N–H and O–H groups in total. The van der Waals surface area contributed by atoms with E-state index in [9.17, 15) is 0 Å². The zero-order valence-corrected chi connectivity index (χ0v) is 5.26. The van der Waals surface area contributed by atoms with Crippen molar-refractivity contribution in [3.63, 3.8) is 0 Å². The van der Waals surface area contributed by atoms with Crippen molar-refractivity contribution in [2.75, 3.05) is 19.7 Å². The van der Waals surface area contributed by atoms with E-state index in [1.807, 2.05) is 0 Å². The molecule has 1 saturated heterocycles. The zero-order chi connectivity index (χ0) is 6.41. The van der Waals surface area contributed by atoms with Crippen LogP contribution in [0.15, 0.2) is 0 Å². The lowest BCUT2D eigenvalue weighted by Gasteiger charge is -1.72. The van der Waals surface area contributed by atoms with Crippen molar-refractivity contribution in [1.82, 2.24) is 0 Å². The van der Waals surface area contributed by atoms with Gasteiger partial charge in [-0.05, 0) is 6.92 Å². The molecule has 1 heterocycles. The number of rotatable bonds is 1. The predicted molar refractivity (Wildman–Crippen MR) is 33.5 cm³/mol. The van der Waals surface area contributed by atoms with Crippen LogP contribution in [0.1, 0.15) is 6.92 Å². The molecule has 1 rings (SSSR count). The van der Waals surface area contributed by atoms with Gasteiger partial charge in [0.15, 0.2) is 0 Å². The van der Waals surface area contributed by atoms with E-state index in [4.69, 9.17) is 16.2 Å². The molecule has 3 heteroatoms. The molecule has 0 saturated carbocycles. The summed E-state index contributed by atoms with van der Waals surface area (Å²) >= 11 is 0. The molecule has 3 nitrogen and oxygen atoms in total. The van der Waals surface area contributed by atoms with Gasteiger partial charge in [0.2, 0.25) is 0 Å². The van der Waals surface area contributed by atoms with E-state index in [0.29, 0.717) is 19.2 Å². The Morgan fingerprint density at radius 2 is 1.75 bits per heavy atom. The van der Waals surface area contributed by atoms with Crippen LogP contribution in [0.2, 0.25) is 0 Å². The number of ether oxygens (including phenoxy) is 1. The Hall–Kier alpha value is -0.120. The van der Waals surface area contributed by atoms with E-state index in [0.717, 1.165) is 6.61 Å². The van der Waals surface area contributed by atoms with Gasteiger partial charge >= 0.3 is 0 Å². The van der Waals surface area contributed by atoms with Crippen LogP contribution in [-0.4, -0.2) is 25.8 Å². The maximum atomic E-state index is 4.90. The van der Waals surface area contributed by atoms with Gasteiger partial charge < -0.3 is 16.2 Å². The van der Waals surface area contributed by atoms with Crippen molar-refractivity contribution < 1.29 is 4.74 Å². The summed E-state index contributed by atoms with van der Waals surface area (Å²) in [6.45, 7) is 4.24. The van der Waals surface area contributed by atoms with E-state index in [1.165, 1.54) is 0 Å². The highest BCUT2D eigenvalue weighted by atomic mass is 16.6. The van der Waals surface area contributed by atoms with Crippen LogP contribution in [0, 0.1) is 0 Å². The first kappa shape index (κ1) is 7.88. The smallest absolute Gasteiger partial charge is 0.0781 e. The third-order valence-corrected chi connectivity index (χ3v) is 0.667. The van der Waals surface area contributed by atoms with Crippen LogP contribution in [0.5, 0.6) is 0 Å². The molecule has 0 aromatic heterocycles. The van der Waals surface area contributed by atoms with E-state index in [-0.39, 0.29) is 0 Å². The fourth-order valence-electron chi connectivity index (χ4n) is 0.0962. The molecule has 0 bridgehead atoms.